The Balaban J connectivity index is 1.54. The molecule has 1 fully saturated rings. The fourth-order valence-electron chi connectivity index (χ4n) is 2.93. The Kier molecular flexibility index (Phi) is 4.75. The van der Waals surface area contributed by atoms with Crippen LogP contribution in [0.4, 0.5) is 15.1 Å². The zero-order valence-electron chi connectivity index (χ0n) is 13.4. The molecular formula is C16H20FN5O2. The molecule has 1 aliphatic heterocycles. The highest BCUT2D eigenvalue weighted by atomic mass is 19.1. The number of carbonyl (C=O) groups is 1. The number of likely N-dealkylation sites (tertiary alicyclic amines) is 1. The van der Waals surface area contributed by atoms with Crippen LogP contribution in [0.2, 0.25) is 0 Å². The maximum atomic E-state index is 13.0. The third-order valence-electron chi connectivity index (χ3n) is 4.42. The molecule has 2 amide bonds. The number of rotatable bonds is 3. The highest BCUT2D eigenvalue weighted by Crippen LogP contribution is 2.30. The van der Waals surface area contributed by atoms with Crippen LogP contribution in [0, 0.1) is 11.7 Å². The normalized spacial score (nSPS) is 16.9. The number of benzene rings is 1. The van der Waals surface area contributed by atoms with Gasteiger partial charge < -0.3 is 10.0 Å². The largest absolute Gasteiger partial charge is 0.388 e. The second-order valence-electron chi connectivity index (χ2n) is 5.96. The molecule has 1 aromatic heterocycles. The van der Waals surface area contributed by atoms with Crippen LogP contribution < -0.4 is 5.32 Å². The van der Waals surface area contributed by atoms with Crippen molar-refractivity contribution in [2.45, 2.75) is 18.9 Å². The molecule has 1 unspecified atom stereocenters. The van der Waals surface area contributed by atoms with Gasteiger partial charge in [-0.05, 0) is 36.5 Å². The first-order valence-corrected chi connectivity index (χ1v) is 7.88. The maximum absolute atomic E-state index is 13.0. The number of carbonyl (C=O) groups excluding carboxylic acids is 1. The minimum Gasteiger partial charge on any atom is -0.388 e. The van der Waals surface area contributed by atoms with Crippen LogP contribution in [0.1, 0.15) is 24.5 Å². The molecule has 1 aromatic carbocycles. The van der Waals surface area contributed by atoms with Crippen LogP contribution in [0.3, 0.4) is 0 Å². The van der Waals surface area contributed by atoms with Gasteiger partial charge in [-0.2, -0.15) is 10.1 Å². The first-order chi connectivity index (χ1) is 11.5. The summed E-state index contributed by atoms with van der Waals surface area (Å²) < 4.78 is 14.5. The van der Waals surface area contributed by atoms with Crippen LogP contribution in [0.5, 0.6) is 0 Å². The molecular weight excluding hydrogens is 313 g/mol. The van der Waals surface area contributed by atoms with Crippen molar-refractivity contribution >= 4 is 12.0 Å². The number of urea groups is 1. The predicted molar refractivity (Wildman–Crippen MR) is 85.7 cm³/mol. The van der Waals surface area contributed by atoms with Crippen molar-refractivity contribution < 1.29 is 14.3 Å². The molecule has 0 aliphatic carbocycles. The van der Waals surface area contributed by atoms with Gasteiger partial charge in [0.25, 0.3) is 0 Å². The van der Waals surface area contributed by atoms with E-state index in [0.29, 0.717) is 37.4 Å². The standard InChI is InChI=1S/C16H20FN5O2/c1-21-15(18-10-19-21)20-16(24)22-8-6-12(7-9-22)14(23)11-2-4-13(17)5-3-11/h2-5,10,12,14,23H,6-9H2,1H3,(H,18,19,20,24). The summed E-state index contributed by atoms with van der Waals surface area (Å²) >= 11 is 0. The van der Waals surface area contributed by atoms with E-state index in [9.17, 15) is 14.3 Å². The number of hydrogen-bond donors (Lipinski definition) is 2. The van der Waals surface area contributed by atoms with Gasteiger partial charge in [0.2, 0.25) is 5.95 Å². The van der Waals surface area contributed by atoms with Crippen molar-refractivity contribution in [2.75, 3.05) is 18.4 Å². The van der Waals surface area contributed by atoms with Gasteiger partial charge in [0.15, 0.2) is 0 Å². The lowest BCUT2D eigenvalue weighted by Crippen LogP contribution is -2.42. The molecule has 2 aromatic rings. The number of aliphatic hydroxyl groups is 1. The zero-order valence-corrected chi connectivity index (χ0v) is 13.4. The van der Waals surface area contributed by atoms with Gasteiger partial charge in [-0.15, -0.1) is 0 Å². The van der Waals surface area contributed by atoms with E-state index in [0.717, 1.165) is 0 Å². The number of anilines is 1. The second-order valence-corrected chi connectivity index (χ2v) is 5.96. The van der Waals surface area contributed by atoms with Gasteiger partial charge in [-0.1, -0.05) is 12.1 Å². The molecule has 1 saturated heterocycles. The molecule has 7 nitrogen and oxygen atoms in total. The fourth-order valence-corrected chi connectivity index (χ4v) is 2.93. The van der Waals surface area contributed by atoms with Crippen molar-refractivity contribution in [1.82, 2.24) is 19.7 Å². The first-order valence-electron chi connectivity index (χ1n) is 7.88. The number of aliphatic hydroxyl groups excluding tert-OH is 1. The summed E-state index contributed by atoms with van der Waals surface area (Å²) in [5.41, 5.74) is 0.707. The van der Waals surface area contributed by atoms with Gasteiger partial charge in [-0.3, -0.25) is 5.32 Å². The highest BCUT2D eigenvalue weighted by molar-refractivity contribution is 5.87. The van der Waals surface area contributed by atoms with Gasteiger partial charge >= 0.3 is 6.03 Å². The number of aromatic nitrogens is 3. The summed E-state index contributed by atoms with van der Waals surface area (Å²) in [4.78, 5) is 17.9. The molecule has 1 atom stereocenters. The molecule has 1 aliphatic rings. The van der Waals surface area contributed by atoms with Crippen molar-refractivity contribution in [1.29, 1.82) is 0 Å². The molecule has 3 rings (SSSR count). The molecule has 8 heteroatoms. The zero-order chi connectivity index (χ0) is 17.1. The first kappa shape index (κ1) is 16.4. The van der Waals surface area contributed by atoms with Crippen molar-refractivity contribution in [3.05, 3.63) is 42.0 Å². The monoisotopic (exact) mass is 333 g/mol. The maximum Gasteiger partial charge on any atom is 0.324 e. The van der Waals surface area contributed by atoms with Gasteiger partial charge in [0.05, 0.1) is 6.10 Å². The molecule has 128 valence electrons. The quantitative estimate of drug-likeness (QED) is 0.899. The van der Waals surface area contributed by atoms with E-state index in [4.69, 9.17) is 0 Å². The number of hydrogen-bond acceptors (Lipinski definition) is 4. The van der Waals surface area contributed by atoms with E-state index in [-0.39, 0.29) is 17.8 Å². The van der Waals surface area contributed by atoms with E-state index < -0.39 is 6.10 Å². The van der Waals surface area contributed by atoms with Crippen LogP contribution in [0.25, 0.3) is 0 Å². The van der Waals surface area contributed by atoms with Crippen molar-refractivity contribution in [3.63, 3.8) is 0 Å². The highest BCUT2D eigenvalue weighted by Gasteiger charge is 2.28. The van der Waals surface area contributed by atoms with Gasteiger partial charge in [0, 0.05) is 20.1 Å². The summed E-state index contributed by atoms with van der Waals surface area (Å²) in [5.74, 6) is 0.129. The topological polar surface area (TPSA) is 83.3 Å². The van der Waals surface area contributed by atoms with Crippen molar-refractivity contribution in [3.8, 4) is 0 Å². The average molecular weight is 333 g/mol. The Labute approximate surface area is 139 Å². The lowest BCUT2D eigenvalue weighted by Gasteiger charge is -2.34. The molecule has 2 N–H and O–H groups in total. The Bertz CT molecular complexity index is 695. The van der Waals surface area contributed by atoms with E-state index in [1.54, 1.807) is 24.1 Å². The number of piperidine rings is 1. The van der Waals surface area contributed by atoms with Gasteiger partial charge in [-0.25, -0.2) is 13.9 Å². The number of nitrogens with one attached hydrogen (secondary N) is 1. The SMILES string of the molecule is Cn1ncnc1NC(=O)N1CCC(C(O)c2ccc(F)cc2)CC1. The average Bonchev–Trinajstić information content (AvgIpc) is 3.00. The summed E-state index contributed by atoms with van der Waals surface area (Å²) in [6, 6.07) is 5.69. The van der Waals surface area contributed by atoms with Crippen LogP contribution in [-0.2, 0) is 7.05 Å². The molecule has 24 heavy (non-hydrogen) atoms. The fraction of sp³-hybridized carbons (Fsp3) is 0.438. The summed E-state index contributed by atoms with van der Waals surface area (Å²) in [5, 5.41) is 17.1. The van der Waals surface area contributed by atoms with E-state index in [1.807, 2.05) is 0 Å². The Morgan fingerprint density at radius 3 is 2.58 bits per heavy atom. The smallest absolute Gasteiger partial charge is 0.324 e. The van der Waals surface area contributed by atoms with Gasteiger partial charge in [0.1, 0.15) is 12.1 Å². The summed E-state index contributed by atoms with van der Waals surface area (Å²) in [6.07, 6.45) is 2.10. The van der Waals surface area contributed by atoms with Crippen molar-refractivity contribution in [2.24, 2.45) is 13.0 Å². The van der Waals surface area contributed by atoms with E-state index in [2.05, 4.69) is 15.4 Å². The minimum atomic E-state index is -0.644. The number of nitrogens with zero attached hydrogens (tertiary/aromatic N) is 4. The van der Waals surface area contributed by atoms with Crippen LogP contribution in [0.15, 0.2) is 30.6 Å². The Hall–Kier alpha value is -2.48. The van der Waals surface area contributed by atoms with Crippen LogP contribution >= 0.6 is 0 Å². The van der Waals surface area contributed by atoms with E-state index in [1.165, 1.54) is 23.1 Å². The molecule has 2 heterocycles. The minimum absolute atomic E-state index is 0.0503. The molecule has 0 radical (unpaired) electrons. The lowest BCUT2D eigenvalue weighted by molar-refractivity contribution is 0.0682. The Morgan fingerprint density at radius 2 is 2.00 bits per heavy atom. The number of amides is 2. The van der Waals surface area contributed by atoms with Crippen LogP contribution in [-0.4, -0.2) is 43.9 Å². The predicted octanol–water partition coefficient (Wildman–Crippen LogP) is 1.93. The third-order valence-corrected chi connectivity index (χ3v) is 4.42. The van der Waals surface area contributed by atoms with E-state index >= 15 is 0 Å². The molecule has 0 saturated carbocycles. The second kappa shape index (κ2) is 6.96. The molecule has 0 spiro atoms. The summed E-state index contributed by atoms with van der Waals surface area (Å²) in [7, 11) is 1.70. The number of aryl methyl sites for hydroxylation is 1. The number of halogens is 1. The summed E-state index contributed by atoms with van der Waals surface area (Å²) in [6.45, 7) is 1.10. The third kappa shape index (κ3) is 3.53. The lowest BCUT2D eigenvalue weighted by atomic mass is 9.87. The Morgan fingerprint density at radius 1 is 1.33 bits per heavy atom. The molecule has 0 bridgehead atoms.